The molecule has 0 aliphatic heterocycles. The third-order valence-electron chi connectivity index (χ3n) is 3.35. The van der Waals surface area contributed by atoms with Gasteiger partial charge in [0.05, 0.1) is 19.1 Å². The van der Waals surface area contributed by atoms with Gasteiger partial charge >= 0.3 is 5.97 Å². The van der Waals surface area contributed by atoms with Crippen LogP contribution in [0.3, 0.4) is 0 Å². The topological polar surface area (TPSA) is 42.7 Å². The quantitative estimate of drug-likeness (QED) is 0.798. The zero-order chi connectivity index (χ0) is 14.7. The van der Waals surface area contributed by atoms with Gasteiger partial charge in [0.1, 0.15) is 6.04 Å². The Labute approximate surface area is 119 Å². The summed E-state index contributed by atoms with van der Waals surface area (Å²) in [5.41, 5.74) is 3.13. The second-order valence-electron chi connectivity index (χ2n) is 4.76. The summed E-state index contributed by atoms with van der Waals surface area (Å²) in [4.78, 5) is 13.8. The summed E-state index contributed by atoms with van der Waals surface area (Å²) in [6, 6.07) is 9.21. The molecule has 0 saturated heterocycles. The number of nitrogens with zero attached hydrogens (tertiary/aromatic N) is 1. The molecule has 0 saturated carbocycles. The third kappa shape index (κ3) is 2.54. The lowest BCUT2D eigenvalue weighted by Crippen LogP contribution is -2.37. The number of benzene rings is 1. The van der Waals surface area contributed by atoms with E-state index in [0.29, 0.717) is 5.88 Å². The van der Waals surface area contributed by atoms with E-state index < -0.39 is 6.04 Å². The average Bonchev–Trinajstić information content (AvgIpc) is 2.95. The number of anilines is 2. The Morgan fingerprint density at radius 2 is 1.85 bits per heavy atom. The summed E-state index contributed by atoms with van der Waals surface area (Å²) in [6.45, 7) is 5.84. The predicted octanol–water partition coefficient (Wildman–Crippen LogP) is 3.60. The molecule has 0 aliphatic rings. The van der Waals surface area contributed by atoms with Crippen LogP contribution in [0.1, 0.15) is 18.1 Å². The number of rotatable bonds is 4. The van der Waals surface area contributed by atoms with Crippen LogP contribution in [-0.4, -0.2) is 19.1 Å². The van der Waals surface area contributed by atoms with Crippen molar-refractivity contribution in [2.75, 3.05) is 12.0 Å². The molecule has 0 aliphatic carbocycles. The maximum atomic E-state index is 11.9. The molecule has 0 amide bonds. The van der Waals surface area contributed by atoms with Crippen molar-refractivity contribution in [3.05, 3.63) is 47.7 Å². The molecule has 0 radical (unpaired) electrons. The summed E-state index contributed by atoms with van der Waals surface area (Å²) >= 11 is 0. The second kappa shape index (κ2) is 5.82. The van der Waals surface area contributed by atoms with E-state index in [0.717, 1.165) is 16.8 Å². The normalized spacial score (nSPS) is 12.0. The molecule has 20 heavy (non-hydrogen) atoms. The first kappa shape index (κ1) is 14.2. The number of ether oxygens (including phenoxy) is 1. The van der Waals surface area contributed by atoms with E-state index in [4.69, 9.17) is 9.15 Å². The van der Waals surface area contributed by atoms with Crippen LogP contribution in [0.2, 0.25) is 0 Å². The molecule has 1 atom stereocenters. The second-order valence-corrected chi connectivity index (χ2v) is 4.76. The Hall–Kier alpha value is -2.23. The molecule has 2 rings (SSSR count). The van der Waals surface area contributed by atoms with Gasteiger partial charge in [-0.15, -0.1) is 0 Å². The van der Waals surface area contributed by atoms with Gasteiger partial charge in [-0.1, -0.05) is 18.2 Å². The summed E-state index contributed by atoms with van der Waals surface area (Å²) in [6.07, 6.45) is 1.60. The maximum Gasteiger partial charge on any atom is 0.328 e. The lowest BCUT2D eigenvalue weighted by Gasteiger charge is -2.29. The lowest BCUT2D eigenvalue weighted by atomic mass is 10.1. The Morgan fingerprint density at radius 3 is 2.35 bits per heavy atom. The Kier molecular flexibility index (Phi) is 4.13. The van der Waals surface area contributed by atoms with Crippen molar-refractivity contribution in [3.63, 3.8) is 0 Å². The molecule has 2 aromatic rings. The molecule has 1 aromatic carbocycles. The van der Waals surface area contributed by atoms with Crippen LogP contribution in [-0.2, 0) is 9.53 Å². The number of aryl methyl sites for hydroxylation is 2. The molecular formula is C16H19NO3. The van der Waals surface area contributed by atoms with Crippen LogP contribution in [0.15, 0.2) is 41.0 Å². The Balaban J connectivity index is 2.55. The van der Waals surface area contributed by atoms with E-state index in [-0.39, 0.29) is 5.97 Å². The molecule has 1 aromatic heterocycles. The predicted molar refractivity (Wildman–Crippen MR) is 78.2 cm³/mol. The SMILES string of the molecule is COC(=O)[C@H](C)N(c1ccco1)c1c(C)cccc1C. The highest BCUT2D eigenvalue weighted by Gasteiger charge is 2.27. The monoisotopic (exact) mass is 273 g/mol. The first-order chi connectivity index (χ1) is 9.56. The van der Waals surface area contributed by atoms with Crippen molar-refractivity contribution >= 4 is 17.5 Å². The third-order valence-corrected chi connectivity index (χ3v) is 3.35. The molecular weight excluding hydrogens is 254 g/mol. The minimum atomic E-state index is -0.467. The number of hydrogen-bond donors (Lipinski definition) is 0. The Morgan fingerprint density at radius 1 is 1.20 bits per heavy atom. The highest BCUT2D eigenvalue weighted by molar-refractivity contribution is 5.84. The van der Waals surface area contributed by atoms with E-state index >= 15 is 0 Å². The molecule has 106 valence electrons. The highest BCUT2D eigenvalue weighted by atomic mass is 16.5. The standard InChI is InChI=1S/C16H19NO3/c1-11-7-5-8-12(2)15(11)17(13(3)16(18)19-4)14-9-6-10-20-14/h5-10,13H,1-4H3/t13-/m0/s1. The van der Waals surface area contributed by atoms with Crippen LogP contribution < -0.4 is 4.90 Å². The van der Waals surface area contributed by atoms with Gasteiger partial charge in [0, 0.05) is 6.07 Å². The van der Waals surface area contributed by atoms with Gasteiger partial charge in [0.2, 0.25) is 0 Å². The van der Waals surface area contributed by atoms with E-state index in [9.17, 15) is 4.79 Å². The number of furan rings is 1. The van der Waals surface area contributed by atoms with Crippen molar-refractivity contribution in [3.8, 4) is 0 Å². The summed E-state index contributed by atoms with van der Waals surface area (Å²) < 4.78 is 10.4. The molecule has 4 heteroatoms. The maximum absolute atomic E-state index is 11.9. The van der Waals surface area contributed by atoms with Gasteiger partial charge in [-0.05, 0) is 38.0 Å². The van der Waals surface area contributed by atoms with Gasteiger partial charge in [-0.2, -0.15) is 0 Å². The zero-order valence-electron chi connectivity index (χ0n) is 12.2. The van der Waals surface area contributed by atoms with Gasteiger partial charge in [0.25, 0.3) is 0 Å². The number of para-hydroxylation sites is 1. The number of carbonyl (C=O) groups is 1. The van der Waals surface area contributed by atoms with Crippen molar-refractivity contribution in [1.82, 2.24) is 0 Å². The van der Waals surface area contributed by atoms with Crippen molar-refractivity contribution in [1.29, 1.82) is 0 Å². The van der Waals surface area contributed by atoms with Crippen LogP contribution in [0.4, 0.5) is 11.6 Å². The summed E-state index contributed by atoms with van der Waals surface area (Å²) in [5.74, 6) is 0.323. The molecule has 0 unspecified atom stereocenters. The Bertz CT molecular complexity index is 570. The van der Waals surface area contributed by atoms with Gasteiger partial charge in [0.15, 0.2) is 5.88 Å². The molecule has 0 spiro atoms. The minimum Gasteiger partial charge on any atom is -0.467 e. The smallest absolute Gasteiger partial charge is 0.328 e. The van der Waals surface area contributed by atoms with Crippen LogP contribution in [0.5, 0.6) is 0 Å². The highest BCUT2D eigenvalue weighted by Crippen LogP contribution is 2.33. The van der Waals surface area contributed by atoms with Gasteiger partial charge in [-0.3, -0.25) is 4.90 Å². The summed E-state index contributed by atoms with van der Waals surface area (Å²) in [5, 5.41) is 0. The lowest BCUT2D eigenvalue weighted by molar-refractivity contribution is -0.141. The van der Waals surface area contributed by atoms with Crippen LogP contribution in [0.25, 0.3) is 0 Å². The van der Waals surface area contributed by atoms with Gasteiger partial charge < -0.3 is 9.15 Å². The number of esters is 1. The molecule has 4 nitrogen and oxygen atoms in total. The first-order valence-electron chi connectivity index (χ1n) is 6.53. The largest absolute Gasteiger partial charge is 0.467 e. The molecule has 1 heterocycles. The van der Waals surface area contributed by atoms with Crippen molar-refractivity contribution < 1.29 is 13.9 Å². The van der Waals surface area contributed by atoms with Crippen LogP contribution >= 0.6 is 0 Å². The number of methoxy groups -OCH3 is 1. The van der Waals surface area contributed by atoms with E-state index in [1.165, 1.54) is 7.11 Å². The number of hydrogen-bond acceptors (Lipinski definition) is 4. The summed E-state index contributed by atoms with van der Waals surface area (Å²) in [7, 11) is 1.39. The molecule has 0 fully saturated rings. The zero-order valence-corrected chi connectivity index (χ0v) is 12.2. The van der Waals surface area contributed by atoms with E-state index in [2.05, 4.69) is 0 Å². The fraction of sp³-hybridized carbons (Fsp3) is 0.312. The molecule has 0 N–H and O–H groups in total. The minimum absolute atomic E-state index is 0.302. The van der Waals surface area contributed by atoms with Crippen molar-refractivity contribution in [2.45, 2.75) is 26.8 Å². The van der Waals surface area contributed by atoms with Crippen molar-refractivity contribution in [2.24, 2.45) is 0 Å². The fourth-order valence-corrected chi connectivity index (χ4v) is 2.36. The average molecular weight is 273 g/mol. The van der Waals surface area contributed by atoms with E-state index in [1.54, 1.807) is 19.3 Å². The van der Waals surface area contributed by atoms with Gasteiger partial charge in [-0.25, -0.2) is 4.79 Å². The van der Waals surface area contributed by atoms with E-state index in [1.807, 2.05) is 43.0 Å². The molecule has 0 bridgehead atoms. The first-order valence-corrected chi connectivity index (χ1v) is 6.53. The fourth-order valence-electron chi connectivity index (χ4n) is 2.36. The van der Waals surface area contributed by atoms with Crippen LogP contribution in [0, 0.1) is 13.8 Å². The number of carbonyl (C=O) groups excluding carboxylic acids is 1.